The lowest BCUT2D eigenvalue weighted by Gasteiger charge is -2.21. The first-order valence-electron chi connectivity index (χ1n) is 7.47. The Hall–Kier alpha value is -1.66. The first-order valence-corrected chi connectivity index (χ1v) is 7.47. The van der Waals surface area contributed by atoms with Crippen molar-refractivity contribution in [3.63, 3.8) is 0 Å². The van der Waals surface area contributed by atoms with Gasteiger partial charge in [0.1, 0.15) is 5.82 Å². The van der Waals surface area contributed by atoms with Crippen LogP contribution in [0.25, 0.3) is 0 Å². The Morgan fingerprint density at radius 2 is 2.05 bits per heavy atom. The summed E-state index contributed by atoms with van der Waals surface area (Å²) < 4.78 is 0. The molecule has 6 heteroatoms. The Kier molecular flexibility index (Phi) is 5.14. The largest absolute Gasteiger partial charge is 0.337 e. The number of pyridine rings is 1. The van der Waals surface area contributed by atoms with Gasteiger partial charge in [-0.25, -0.2) is 10.8 Å². The molecule has 1 amide bonds. The van der Waals surface area contributed by atoms with Crippen molar-refractivity contribution in [2.24, 2.45) is 5.84 Å². The molecule has 1 aromatic heterocycles. The Balaban J connectivity index is 2.23. The molecule has 2 rings (SSSR count). The first kappa shape index (κ1) is 15.7. The summed E-state index contributed by atoms with van der Waals surface area (Å²) in [5.41, 5.74) is 4.08. The summed E-state index contributed by atoms with van der Waals surface area (Å²) in [7, 11) is 2.09. The lowest BCUT2D eigenvalue weighted by molar-refractivity contribution is 0.0762. The number of hydrogen-bond donors (Lipinski definition) is 2. The van der Waals surface area contributed by atoms with Gasteiger partial charge in [0.05, 0.1) is 0 Å². The van der Waals surface area contributed by atoms with Crippen LogP contribution in [0, 0.1) is 0 Å². The van der Waals surface area contributed by atoms with E-state index in [4.69, 9.17) is 5.84 Å². The van der Waals surface area contributed by atoms with E-state index in [1.807, 2.05) is 11.0 Å². The van der Waals surface area contributed by atoms with Gasteiger partial charge in [0, 0.05) is 30.9 Å². The molecule has 1 aliphatic heterocycles. The van der Waals surface area contributed by atoms with Crippen LogP contribution >= 0.6 is 0 Å². The molecule has 0 aliphatic carbocycles. The van der Waals surface area contributed by atoms with E-state index in [0.29, 0.717) is 11.4 Å². The third-order valence-corrected chi connectivity index (χ3v) is 3.84. The summed E-state index contributed by atoms with van der Waals surface area (Å²) >= 11 is 0. The molecular weight excluding hydrogens is 266 g/mol. The Morgan fingerprint density at radius 1 is 1.29 bits per heavy atom. The molecule has 1 aliphatic rings. The quantitative estimate of drug-likeness (QED) is 0.648. The van der Waals surface area contributed by atoms with E-state index < -0.39 is 0 Å². The number of carbonyl (C=O) groups is 1. The van der Waals surface area contributed by atoms with E-state index in [1.165, 1.54) is 0 Å². The van der Waals surface area contributed by atoms with Crippen molar-refractivity contribution in [1.29, 1.82) is 0 Å². The van der Waals surface area contributed by atoms with Gasteiger partial charge in [-0.3, -0.25) is 4.79 Å². The molecule has 21 heavy (non-hydrogen) atoms. The van der Waals surface area contributed by atoms with Gasteiger partial charge in [-0.2, -0.15) is 0 Å². The molecule has 0 radical (unpaired) electrons. The fourth-order valence-electron chi connectivity index (χ4n) is 2.48. The zero-order valence-corrected chi connectivity index (χ0v) is 13.1. The number of aromatic nitrogens is 1. The van der Waals surface area contributed by atoms with Crippen molar-refractivity contribution in [2.75, 3.05) is 38.7 Å². The maximum absolute atomic E-state index is 12.7. The average molecular weight is 291 g/mol. The van der Waals surface area contributed by atoms with E-state index in [9.17, 15) is 4.79 Å². The van der Waals surface area contributed by atoms with Gasteiger partial charge in [-0.15, -0.1) is 0 Å². The van der Waals surface area contributed by atoms with Crippen molar-refractivity contribution in [3.05, 3.63) is 23.4 Å². The molecule has 1 saturated heterocycles. The first-order chi connectivity index (χ1) is 10.0. The Morgan fingerprint density at radius 3 is 2.71 bits per heavy atom. The topological polar surface area (TPSA) is 74.5 Å². The van der Waals surface area contributed by atoms with Crippen LogP contribution in [0.2, 0.25) is 0 Å². The highest BCUT2D eigenvalue weighted by Crippen LogP contribution is 2.19. The molecule has 0 bridgehead atoms. The van der Waals surface area contributed by atoms with Crippen molar-refractivity contribution in [2.45, 2.75) is 26.2 Å². The van der Waals surface area contributed by atoms with E-state index in [2.05, 4.69) is 36.2 Å². The second-order valence-electron chi connectivity index (χ2n) is 5.91. The number of likely N-dealkylation sites (N-methyl/N-ethyl adjacent to an activating group) is 1. The molecule has 3 N–H and O–H groups in total. The minimum atomic E-state index is 0.0612. The number of hydrazine groups is 1. The molecular formula is C15H25N5O. The third kappa shape index (κ3) is 3.92. The van der Waals surface area contributed by atoms with Crippen molar-refractivity contribution in [1.82, 2.24) is 14.8 Å². The lowest BCUT2D eigenvalue weighted by Crippen LogP contribution is -2.34. The zero-order chi connectivity index (χ0) is 15.4. The number of hydrogen-bond acceptors (Lipinski definition) is 5. The highest BCUT2D eigenvalue weighted by atomic mass is 16.2. The van der Waals surface area contributed by atoms with Gasteiger partial charge in [0.2, 0.25) is 0 Å². The number of rotatable bonds is 3. The summed E-state index contributed by atoms with van der Waals surface area (Å²) in [6.07, 6.45) is 1.01. The van der Waals surface area contributed by atoms with Crippen LogP contribution in [0.4, 0.5) is 5.82 Å². The molecule has 0 spiro atoms. The van der Waals surface area contributed by atoms with Crippen LogP contribution in [0.3, 0.4) is 0 Å². The maximum Gasteiger partial charge on any atom is 0.254 e. The molecule has 0 atom stereocenters. The van der Waals surface area contributed by atoms with E-state index in [1.54, 1.807) is 6.07 Å². The van der Waals surface area contributed by atoms with Crippen LogP contribution in [-0.2, 0) is 0 Å². The summed E-state index contributed by atoms with van der Waals surface area (Å²) in [4.78, 5) is 21.3. The van der Waals surface area contributed by atoms with Gasteiger partial charge >= 0.3 is 0 Å². The summed E-state index contributed by atoms with van der Waals surface area (Å²) in [5.74, 6) is 6.32. The fourth-order valence-corrected chi connectivity index (χ4v) is 2.48. The minimum Gasteiger partial charge on any atom is -0.337 e. The van der Waals surface area contributed by atoms with Crippen molar-refractivity contribution >= 4 is 11.7 Å². The van der Waals surface area contributed by atoms with Crippen LogP contribution in [0.15, 0.2) is 12.1 Å². The van der Waals surface area contributed by atoms with Crippen molar-refractivity contribution < 1.29 is 4.79 Å². The Labute approximate surface area is 126 Å². The summed E-state index contributed by atoms with van der Waals surface area (Å²) in [5, 5.41) is 0. The van der Waals surface area contributed by atoms with Gasteiger partial charge in [0.25, 0.3) is 5.91 Å². The van der Waals surface area contributed by atoms with E-state index in [-0.39, 0.29) is 11.8 Å². The SMILES string of the molecule is CC(C)c1cc(C(=O)N2CCCN(C)CC2)cc(NN)n1. The summed E-state index contributed by atoms with van der Waals surface area (Å²) in [6.45, 7) is 7.62. The molecule has 1 aromatic rings. The number of carbonyl (C=O) groups excluding carboxylic acids is 1. The molecule has 2 heterocycles. The monoisotopic (exact) mass is 291 g/mol. The van der Waals surface area contributed by atoms with Gasteiger partial charge in [0.15, 0.2) is 0 Å². The Bertz CT molecular complexity index is 503. The van der Waals surface area contributed by atoms with E-state index >= 15 is 0 Å². The third-order valence-electron chi connectivity index (χ3n) is 3.84. The normalized spacial score (nSPS) is 16.9. The maximum atomic E-state index is 12.7. The molecule has 116 valence electrons. The predicted molar refractivity (Wildman–Crippen MR) is 84.2 cm³/mol. The van der Waals surface area contributed by atoms with Gasteiger partial charge in [-0.05, 0) is 38.1 Å². The van der Waals surface area contributed by atoms with Gasteiger partial charge < -0.3 is 15.2 Å². The molecule has 0 saturated carbocycles. The fraction of sp³-hybridized carbons (Fsp3) is 0.600. The summed E-state index contributed by atoms with van der Waals surface area (Å²) in [6, 6.07) is 3.60. The minimum absolute atomic E-state index is 0.0612. The standard InChI is InChI=1S/C15H25N5O/c1-11(2)13-9-12(10-14(17-13)18-16)15(21)20-6-4-5-19(3)7-8-20/h9-11H,4-8,16H2,1-3H3,(H,17,18). The number of amides is 1. The number of anilines is 1. The van der Waals surface area contributed by atoms with Crippen molar-refractivity contribution in [3.8, 4) is 0 Å². The molecule has 1 fully saturated rings. The second kappa shape index (κ2) is 6.87. The second-order valence-corrected chi connectivity index (χ2v) is 5.91. The lowest BCUT2D eigenvalue weighted by atomic mass is 10.1. The average Bonchev–Trinajstić information content (AvgIpc) is 2.70. The molecule has 0 aromatic carbocycles. The van der Waals surface area contributed by atoms with Crippen LogP contribution < -0.4 is 11.3 Å². The number of nitrogens with zero attached hydrogens (tertiary/aromatic N) is 3. The predicted octanol–water partition coefficient (Wildman–Crippen LogP) is 1.27. The highest BCUT2D eigenvalue weighted by Gasteiger charge is 2.20. The molecule has 0 unspecified atom stereocenters. The number of nitrogens with two attached hydrogens (primary N) is 1. The van der Waals surface area contributed by atoms with Gasteiger partial charge in [-0.1, -0.05) is 13.8 Å². The number of nitrogens with one attached hydrogen (secondary N) is 1. The van der Waals surface area contributed by atoms with E-state index in [0.717, 1.165) is 38.3 Å². The van der Waals surface area contributed by atoms with Crippen LogP contribution in [0.1, 0.15) is 42.2 Å². The highest BCUT2D eigenvalue weighted by molar-refractivity contribution is 5.95. The smallest absolute Gasteiger partial charge is 0.254 e. The zero-order valence-electron chi connectivity index (χ0n) is 13.1. The molecule has 6 nitrogen and oxygen atoms in total. The van der Waals surface area contributed by atoms with Crippen LogP contribution in [0.5, 0.6) is 0 Å². The number of nitrogen functional groups attached to an aromatic ring is 1. The van der Waals surface area contributed by atoms with Crippen LogP contribution in [-0.4, -0.2) is 53.9 Å².